The number of methoxy groups -OCH3 is 1. The molecule has 2 rings (SSSR count). The molecule has 2 atom stereocenters. The first kappa shape index (κ1) is 13.8. The van der Waals surface area contributed by atoms with Crippen LogP contribution in [0.5, 0.6) is 5.75 Å². The topological polar surface area (TPSA) is 50.4 Å². The molecule has 0 bridgehead atoms. The van der Waals surface area contributed by atoms with E-state index in [4.69, 9.17) is 4.74 Å². The van der Waals surface area contributed by atoms with Gasteiger partial charge in [-0.25, -0.2) is 4.39 Å². The zero-order chi connectivity index (χ0) is 13.8. The predicted octanol–water partition coefficient (Wildman–Crippen LogP) is 1.76. The van der Waals surface area contributed by atoms with Gasteiger partial charge in [-0.05, 0) is 44.5 Å². The molecule has 1 heterocycles. The van der Waals surface area contributed by atoms with Crippen molar-refractivity contribution < 1.29 is 13.9 Å². The molecule has 0 aliphatic carbocycles. The second-order valence-corrected chi connectivity index (χ2v) is 4.77. The highest BCUT2D eigenvalue weighted by Crippen LogP contribution is 2.26. The van der Waals surface area contributed by atoms with Crippen molar-refractivity contribution in [2.24, 2.45) is 0 Å². The van der Waals surface area contributed by atoms with Crippen molar-refractivity contribution in [2.45, 2.75) is 31.8 Å². The van der Waals surface area contributed by atoms with E-state index in [0.29, 0.717) is 11.3 Å². The van der Waals surface area contributed by atoms with E-state index in [1.54, 1.807) is 6.07 Å². The van der Waals surface area contributed by atoms with Crippen LogP contribution in [0.3, 0.4) is 0 Å². The number of carbonyl (C=O) groups excluding carboxylic acids is 1. The molecular weight excluding hydrogens is 247 g/mol. The quantitative estimate of drug-likeness (QED) is 0.873. The minimum atomic E-state index is -0.337. The molecule has 19 heavy (non-hydrogen) atoms. The minimum Gasteiger partial charge on any atom is -0.496 e. The van der Waals surface area contributed by atoms with Gasteiger partial charge < -0.3 is 15.4 Å². The Hall–Kier alpha value is -1.62. The standard InChI is InChI=1S/C14H19FN2O2/c1-9(17-14(18)12-4-3-7-16-12)11-8-10(15)5-6-13(11)19-2/h5-6,8-9,12,16H,3-4,7H2,1-2H3,(H,17,18). The molecule has 0 saturated carbocycles. The Balaban J connectivity index is 2.08. The zero-order valence-corrected chi connectivity index (χ0v) is 11.2. The fraction of sp³-hybridized carbons (Fsp3) is 0.500. The van der Waals surface area contributed by atoms with Crippen molar-refractivity contribution in [2.75, 3.05) is 13.7 Å². The van der Waals surface area contributed by atoms with Gasteiger partial charge in [0.1, 0.15) is 11.6 Å². The lowest BCUT2D eigenvalue weighted by molar-refractivity contribution is -0.123. The number of nitrogens with one attached hydrogen (secondary N) is 2. The van der Waals surface area contributed by atoms with E-state index in [-0.39, 0.29) is 23.8 Å². The molecule has 4 nitrogen and oxygen atoms in total. The molecule has 1 aromatic carbocycles. The van der Waals surface area contributed by atoms with Crippen LogP contribution in [-0.2, 0) is 4.79 Å². The highest BCUT2D eigenvalue weighted by atomic mass is 19.1. The first-order valence-electron chi connectivity index (χ1n) is 6.49. The van der Waals surface area contributed by atoms with Gasteiger partial charge in [0.05, 0.1) is 19.2 Å². The molecule has 1 aromatic rings. The molecule has 5 heteroatoms. The maximum Gasteiger partial charge on any atom is 0.237 e. The first-order valence-corrected chi connectivity index (χ1v) is 6.49. The highest BCUT2D eigenvalue weighted by Gasteiger charge is 2.24. The predicted molar refractivity (Wildman–Crippen MR) is 70.5 cm³/mol. The molecule has 1 aliphatic heterocycles. The SMILES string of the molecule is COc1ccc(F)cc1C(C)NC(=O)C1CCCN1. The molecule has 1 fully saturated rings. The van der Waals surface area contributed by atoms with Crippen molar-refractivity contribution in [3.8, 4) is 5.75 Å². The molecule has 2 N–H and O–H groups in total. The van der Waals surface area contributed by atoms with Crippen LogP contribution in [0.2, 0.25) is 0 Å². The summed E-state index contributed by atoms with van der Waals surface area (Å²) < 4.78 is 18.5. The van der Waals surface area contributed by atoms with Crippen molar-refractivity contribution in [1.82, 2.24) is 10.6 Å². The molecule has 1 aliphatic rings. The van der Waals surface area contributed by atoms with Crippen LogP contribution >= 0.6 is 0 Å². The Morgan fingerprint density at radius 1 is 1.58 bits per heavy atom. The average molecular weight is 266 g/mol. The highest BCUT2D eigenvalue weighted by molar-refractivity contribution is 5.82. The van der Waals surface area contributed by atoms with E-state index in [1.165, 1.54) is 19.2 Å². The number of benzene rings is 1. The summed E-state index contributed by atoms with van der Waals surface area (Å²) in [5.41, 5.74) is 0.647. The third-order valence-electron chi connectivity index (χ3n) is 3.39. The Morgan fingerprint density at radius 2 is 2.37 bits per heavy atom. The fourth-order valence-electron chi connectivity index (χ4n) is 2.34. The second kappa shape index (κ2) is 6.02. The molecule has 1 saturated heterocycles. The number of amides is 1. The van der Waals surface area contributed by atoms with Crippen LogP contribution in [0.15, 0.2) is 18.2 Å². The maximum absolute atomic E-state index is 13.3. The smallest absolute Gasteiger partial charge is 0.237 e. The zero-order valence-electron chi connectivity index (χ0n) is 11.2. The molecule has 1 amide bonds. The van der Waals surface area contributed by atoms with Gasteiger partial charge in [-0.1, -0.05) is 0 Å². The summed E-state index contributed by atoms with van der Waals surface area (Å²) in [5.74, 6) is 0.195. The number of rotatable bonds is 4. The molecule has 104 valence electrons. The summed E-state index contributed by atoms with van der Waals surface area (Å²) in [5, 5.41) is 6.03. The monoisotopic (exact) mass is 266 g/mol. The Labute approximate surface area is 112 Å². The van der Waals surface area contributed by atoms with Crippen molar-refractivity contribution in [3.05, 3.63) is 29.6 Å². The molecular formula is C14H19FN2O2. The summed E-state index contributed by atoms with van der Waals surface area (Å²) in [7, 11) is 1.53. The van der Waals surface area contributed by atoms with Gasteiger partial charge in [-0.2, -0.15) is 0 Å². The van der Waals surface area contributed by atoms with E-state index >= 15 is 0 Å². The van der Waals surface area contributed by atoms with Gasteiger partial charge in [0.2, 0.25) is 5.91 Å². The van der Waals surface area contributed by atoms with Crippen LogP contribution in [0.4, 0.5) is 4.39 Å². The lowest BCUT2D eigenvalue weighted by Gasteiger charge is -2.19. The van der Waals surface area contributed by atoms with E-state index < -0.39 is 0 Å². The second-order valence-electron chi connectivity index (χ2n) is 4.77. The van der Waals surface area contributed by atoms with Crippen molar-refractivity contribution >= 4 is 5.91 Å². The number of ether oxygens (including phenoxy) is 1. The van der Waals surface area contributed by atoms with Crippen LogP contribution in [0.1, 0.15) is 31.4 Å². The van der Waals surface area contributed by atoms with Crippen LogP contribution in [0.25, 0.3) is 0 Å². The largest absolute Gasteiger partial charge is 0.496 e. The average Bonchev–Trinajstić information content (AvgIpc) is 2.92. The van der Waals surface area contributed by atoms with Gasteiger partial charge in [0.15, 0.2) is 0 Å². The summed E-state index contributed by atoms with van der Waals surface area (Å²) in [6.07, 6.45) is 1.86. The number of carbonyl (C=O) groups is 1. The van der Waals surface area contributed by atoms with Gasteiger partial charge in [-0.3, -0.25) is 4.79 Å². The summed E-state index contributed by atoms with van der Waals surface area (Å²) in [6.45, 7) is 2.69. The normalized spacial score (nSPS) is 20.1. The molecule has 2 unspecified atom stereocenters. The number of hydrogen-bond acceptors (Lipinski definition) is 3. The Kier molecular flexibility index (Phi) is 4.37. The van der Waals surface area contributed by atoms with E-state index in [2.05, 4.69) is 10.6 Å². The number of halogens is 1. The Morgan fingerprint density at radius 3 is 3.00 bits per heavy atom. The van der Waals surface area contributed by atoms with Gasteiger partial charge in [-0.15, -0.1) is 0 Å². The molecule has 0 radical (unpaired) electrons. The fourth-order valence-corrected chi connectivity index (χ4v) is 2.34. The van der Waals surface area contributed by atoms with Crippen LogP contribution < -0.4 is 15.4 Å². The third-order valence-corrected chi connectivity index (χ3v) is 3.39. The van der Waals surface area contributed by atoms with Crippen molar-refractivity contribution in [3.63, 3.8) is 0 Å². The maximum atomic E-state index is 13.3. The van der Waals surface area contributed by atoms with Gasteiger partial charge in [0, 0.05) is 5.56 Å². The van der Waals surface area contributed by atoms with Gasteiger partial charge in [0.25, 0.3) is 0 Å². The third kappa shape index (κ3) is 3.23. The lowest BCUT2D eigenvalue weighted by atomic mass is 10.1. The lowest BCUT2D eigenvalue weighted by Crippen LogP contribution is -2.41. The summed E-state index contributed by atoms with van der Waals surface area (Å²) >= 11 is 0. The van der Waals surface area contributed by atoms with Crippen LogP contribution in [-0.4, -0.2) is 25.6 Å². The van der Waals surface area contributed by atoms with Crippen molar-refractivity contribution in [1.29, 1.82) is 0 Å². The van der Waals surface area contributed by atoms with E-state index in [1.807, 2.05) is 6.92 Å². The number of hydrogen-bond donors (Lipinski definition) is 2. The van der Waals surface area contributed by atoms with E-state index in [0.717, 1.165) is 19.4 Å². The summed E-state index contributed by atoms with van der Waals surface area (Å²) in [4.78, 5) is 12.0. The summed E-state index contributed by atoms with van der Waals surface area (Å²) in [6, 6.07) is 3.88. The minimum absolute atomic E-state index is 0.0451. The first-order chi connectivity index (χ1) is 9.11. The van der Waals surface area contributed by atoms with Gasteiger partial charge >= 0.3 is 0 Å². The molecule has 0 aromatic heterocycles. The Bertz CT molecular complexity index is 459. The van der Waals surface area contributed by atoms with Crippen LogP contribution in [0, 0.1) is 5.82 Å². The van der Waals surface area contributed by atoms with E-state index in [9.17, 15) is 9.18 Å². The molecule has 0 spiro atoms.